The molecule has 1 aromatic heterocycles. The van der Waals surface area contributed by atoms with Gasteiger partial charge in [-0.05, 0) is 19.8 Å². The first kappa shape index (κ1) is 16.5. The maximum absolute atomic E-state index is 4.52. The fraction of sp³-hybridized carbons (Fsp3) is 0.786. The summed E-state index contributed by atoms with van der Waals surface area (Å²) in [7, 11) is 1.83. The van der Waals surface area contributed by atoms with E-state index in [2.05, 4.69) is 58.2 Å². The maximum atomic E-state index is 4.52. The summed E-state index contributed by atoms with van der Waals surface area (Å²) in [6.07, 6.45) is 2.33. The van der Waals surface area contributed by atoms with Gasteiger partial charge in [-0.1, -0.05) is 26.7 Å². The first-order valence-electron chi connectivity index (χ1n) is 7.60. The molecule has 0 atom stereocenters. The van der Waals surface area contributed by atoms with Crippen molar-refractivity contribution in [3.8, 4) is 0 Å². The molecule has 0 radical (unpaired) electrons. The number of nitrogens with one attached hydrogen (secondary N) is 2. The highest BCUT2D eigenvalue weighted by atomic mass is 15.3. The fourth-order valence-electron chi connectivity index (χ4n) is 2.02. The van der Waals surface area contributed by atoms with Gasteiger partial charge in [0, 0.05) is 26.7 Å². The van der Waals surface area contributed by atoms with Crippen LogP contribution in [0.3, 0.4) is 0 Å². The molecule has 1 heterocycles. The van der Waals surface area contributed by atoms with Crippen molar-refractivity contribution in [1.29, 1.82) is 0 Å². The van der Waals surface area contributed by atoms with Crippen LogP contribution < -0.4 is 15.5 Å². The van der Waals surface area contributed by atoms with Crippen molar-refractivity contribution >= 4 is 17.8 Å². The fourth-order valence-corrected chi connectivity index (χ4v) is 2.02. The zero-order valence-electron chi connectivity index (χ0n) is 13.4. The molecule has 0 fully saturated rings. The molecule has 2 N–H and O–H groups in total. The largest absolute Gasteiger partial charge is 0.357 e. The van der Waals surface area contributed by atoms with Crippen molar-refractivity contribution < 1.29 is 0 Å². The molecule has 0 bridgehead atoms. The molecule has 0 spiro atoms. The van der Waals surface area contributed by atoms with Crippen molar-refractivity contribution in [2.75, 3.05) is 42.2 Å². The van der Waals surface area contributed by atoms with Gasteiger partial charge in [0.1, 0.15) is 0 Å². The number of anilines is 3. The predicted octanol–water partition coefficient (Wildman–Crippen LogP) is 2.61. The van der Waals surface area contributed by atoms with Crippen molar-refractivity contribution in [1.82, 2.24) is 15.0 Å². The Labute approximate surface area is 122 Å². The molecule has 6 nitrogen and oxygen atoms in total. The second-order valence-electron chi connectivity index (χ2n) is 4.77. The number of rotatable bonds is 9. The Balaban J connectivity index is 2.87. The average molecular weight is 280 g/mol. The highest BCUT2D eigenvalue weighted by molar-refractivity contribution is 5.43. The summed E-state index contributed by atoms with van der Waals surface area (Å²) in [6, 6.07) is 0. The second kappa shape index (κ2) is 8.55. The van der Waals surface area contributed by atoms with Crippen LogP contribution in [0.1, 0.15) is 40.5 Å². The first-order valence-corrected chi connectivity index (χ1v) is 7.60. The minimum atomic E-state index is 0.606. The summed E-state index contributed by atoms with van der Waals surface area (Å²) in [6.45, 7) is 11.3. The van der Waals surface area contributed by atoms with Crippen LogP contribution in [0.2, 0.25) is 0 Å². The summed E-state index contributed by atoms with van der Waals surface area (Å²) in [4.78, 5) is 15.4. The lowest BCUT2D eigenvalue weighted by Crippen LogP contribution is -2.25. The van der Waals surface area contributed by atoms with E-state index in [-0.39, 0.29) is 0 Å². The summed E-state index contributed by atoms with van der Waals surface area (Å²) in [5.74, 6) is 2.63. The van der Waals surface area contributed by atoms with Gasteiger partial charge in [-0.15, -0.1) is 0 Å². The molecule has 0 aliphatic rings. The number of hydrogen-bond acceptors (Lipinski definition) is 6. The minimum Gasteiger partial charge on any atom is -0.357 e. The van der Waals surface area contributed by atoms with Gasteiger partial charge in [0.25, 0.3) is 0 Å². The zero-order chi connectivity index (χ0) is 15.0. The number of aromatic nitrogens is 3. The number of hydrogen-bond donors (Lipinski definition) is 2. The van der Waals surface area contributed by atoms with Gasteiger partial charge >= 0.3 is 0 Å². The Morgan fingerprint density at radius 1 is 0.950 bits per heavy atom. The van der Waals surface area contributed by atoms with Crippen molar-refractivity contribution in [3.05, 3.63) is 0 Å². The zero-order valence-corrected chi connectivity index (χ0v) is 13.4. The number of nitrogens with zero attached hydrogens (tertiary/aromatic N) is 4. The van der Waals surface area contributed by atoms with Crippen molar-refractivity contribution in [2.24, 2.45) is 5.92 Å². The van der Waals surface area contributed by atoms with Gasteiger partial charge in [-0.25, -0.2) is 0 Å². The van der Waals surface area contributed by atoms with Crippen LogP contribution >= 0.6 is 0 Å². The third kappa shape index (κ3) is 4.51. The lowest BCUT2D eigenvalue weighted by atomic mass is 10.0. The van der Waals surface area contributed by atoms with Crippen LogP contribution in [-0.4, -0.2) is 41.6 Å². The van der Waals surface area contributed by atoms with E-state index in [4.69, 9.17) is 0 Å². The lowest BCUT2D eigenvalue weighted by molar-refractivity contribution is 0.517. The lowest BCUT2D eigenvalue weighted by Gasteiger charge is -2.20. The molecule has 0 amide bonds. The molecular formula is C14H28N6. The predicted molar refractivity (Wildman–Crippen MR) is 85.5 cm³/mol. The standard InChI is InChI=1S/C14H28N6/c1-6-11(7-2)10-16-13-17-12(15-5)18-14(19-13)20(8-3)9-4/h11H,6-10H2,1-5H3,(H2,15,16,17,18,19). The van der Waals surface area contributed by atoms with Gasteiger partial charge in [0.15, 0.2) is 0 Å². The van der Waals surface area contributed by atoms with Crippen molar-refractivity contribution in [3.63, 3.8) is 0 Å². The third-order valence-corrected chi connectivity index (χ3v) is 3.60. The van der Waals surface area contributed by atoms with E-state index >= 15 is 0 Å². The van der Waals surface area contributed by atoms with Crippen LogP contribution in [0, 0.1) is 5.92 Å². The van der Waals surface area contributed by atoms with Crippen LogP contribution in [0.5, 0.6) is 0 Å². The van der Waals surface area contributed by atoms with Gasteiger partial charge < -0.3 is 15.5 Å². The quantitative estimate of drug-likeness (QED) is 0.725. The normalized spacial score (nSPS) is 10.7. The summed E-state index contributed by atoms with van der Waals surface area (Å²) in [5.41, 5.74) is 0. The molecule has 1 rings (SSSR count). The topological polar surface area (TPSA) is 66.0 Å². The average Bonchev–Trinajstić information content (AvgIpc) is 2.49. The maximum Gasteiger partial charge on any atom is 0.231 e. The summed E-state index contributed by atoms with van der Waals surface area (Å²) < 4.78 is 0. The Morgan fingerprint density at radius 2 is 1.55 bits per heavy atom. The Kier molecular flexibility index (Phi) is 7.04. The first-order chi connectivity index (χ1) is 9.68. The molecule has 0 saturated heterocycles. The van der Waals surface area contributed by atoms with E-state index in [9.17, 15) is 0 Å². The van der Waals surface area contributed by atoms with Gasteiger partial charge in [-0.3, -0.25) is 0 Å². The van der Waals surface area contributed by atoms with E-state index in [0.29, 0.717) is 17.8 Å². The van der Waals surface area contributed by atoms with Gasteiger partial charge in [0.05, 0.1) is 0 Å². The van der Waals surface area contributed by atoms with Gasteiger partial charge in [0.2, 0.25) is 17.8 Å². The third-order valence-electron chi connectivity index (χ3n) is 3.60. The van der Waals surface area contributed by atoms with Crippen LogP contribution in [0.4, 0.5) is 17.8 Å². The highest BCUT2D eigenvalue weighted by Crippen LogP contribution is 2.14. The molecular weight excluding hydrogens is 252 g/mol. The molecule has 0 saturated carbocycles. The smallest absolute Gasteiger partial charge is 0.231 e. The Hall–Kier alpha value is -1.59. The van der Waals surface area contributed by atoms with Crippen LogP contribution in [0.25, 0.3) is 0 Å². The second-order valence-corrected chi connectivity index (χ2v) is 4.77. The van der Waals surface area contributed by atoms with Crippen molar-refractivity contribution in [2.45, 2.75) is 40.5 Å². The molecule has 114 valence electrons. The van der Waals surface area contributed by atoms with E-state index in [1.165, 1.54) is 0 Å². The minimum absolute atomic E-state index is 0.606. The molecule has 0 unspecified atom stereocenters. The monoisotopic (exact) mass is 280 g/mol. The molecule has 0 aliphatic carbocycles. The molecule has 1 aromatic rings. The molecule has 0 aliphatic heterocycles. The van der Waals surface area contributed by atoms with Crippen LogP contribution in [-0.2, 0) is 0 Å². The molecule has 6 heteroatoms. The van der Waals surface area contributed by atoms with E-state index < -0.39 is 0 Å². The van der Waals surface area contributed by atoms with E-state index in [1.54, 1.807) is 0 Å². The summed E-state index contributed by atoms with van der Waals surface area (Å²) in [5, 5.41) is 6.33. The Morgan fingerprint density at radius 3 is 2.05 bits per heavy atom. The highest BCUT2D eigenvalue weighted by Gasteiger charge is 2.11. The summed E-state index contributed by atoms with van der Waals surface area (Å²) >= 11 is 0. The SMILES string of the molecule is CCC(CC)CNc1nc(NC)nc(N(CC)CC)n1. The van der Waals surface area contributed by atoms with E-state index in [0.717, 1.165) is 38.4 Å². The van der Waals surface area contributed by atoms with Crippen LogP contribution in [0.15, 0.2) is 0 Å². The van der Waals surface area contributed by atoms with E-state index in [1.807, 2.05) is 7.05 Å². The van der Waals surface area contributed by atoms with Gasteiger partial charge in [-0.2, -0.15) is 15.0 Å². The molecule has 20 heavy (non-hydrogen) atoms. The Bertz CT molecular complexity index is 387. The molecule has 0 aromatic carbocycles.